The summed E-state index contributed by atoms with van der Waals surface area (Å²) >= 11 is 1.75. The summed E-state index contributed by atoms with van der Waals surface area (Å²) in [6.45, 7) is 0.768. The molecule has 1 aliphatic heterocycles. The molecule has 2 unspecified atom stereocenters. The molecule has 2 nitrogen and oxygen atoms in total. The smallest absolute Gasteiger partial charge is 0.159 e. The first kappa shape index (κ1) is 19.1. The Balaban J connectivity index is 1.56. The minimum atomic E-state index is -0.287. The molecule has 1 aliphatic rings. The van der Waals surface area contributed by atoms with E-state index in [1.165, 1.54) is 15.7 Å². The lowest BCUT2D eigenvalue weighted by atomic mass is 10.0. The van der Waals surface area contributed by atoms with Crippen molar-refractivity contribution in [1.29, 1.82) is 0 Å². The summed E-state index contributed by atoms with van der Waals surface area (Å²) in [5.41, 5.74) is 1.12. The molecule has 28 heavy (non-hydrogen) atoms. The maximum absolute atomic E-state index is 6.33. The fourth-order valence-electron chi connectivity index (χ4n) is 3.40. The van der Waals surface area contributed by atoms with Gasteiger partial charge >= 0.3 is 0 Å². The van der Waals surface area contributed by atoms with Crippen molar-refractivity contribution in [2.45, 2.75) is 36.6 Å². The lowest BCUT2D eigenvalue weighted by Gasteiger charge is -2.26. The summed E-state index contributed by atoms with van der Waals surface area (Å²) in [7, 11) is 0. The minimum absolute atomic E-state index is 0.172. The lowest BCUT2D eigenvalue weighted by molar-refractivity contribution is -0.177. The van der Waals surface area contributed by atoms with E-state index in [1.807, 2.05) is 6.07 Å². The van der Waals surface area contributed by atoms with Crippen LogP contribution in [0.5, 0.6) is 0 Å². The van der Waals surface area contributed by atoms with Gasteiger partial charge in [0.15, 0.2) is 6.29 Å². The van der Waals surface area contributed by atoms with Crippen LogP contribution in [0, 0.1) is 11.8 Å². The molecule has 0 bridgehead atoms. The van der Waals surface area contributed by atoms with E-state index >= 15 is 0 Å². The van der Waals surface area contributed by atoms with Crippen molar-refractivity contribution in [3.63, 3.8) is 0 Å². The fourth-order valence-corrected chi connectivity index (χ4v) is 4.08. The van der Waals surface area contributed by atoms with Crippen molar-refractivity contribution in [3.8, 4) is 11.8 Å². The number of hydrogen-bond donors (Lipinski definition) is 0. The number of fused-ring (bicyclic) bond motifs is 1. The van der Waals surface area contributed by atoms with Gasteiger partial charge in [-0.15, -0.1) is 11.8 Å². The fraction of sp³-hybridized carbons (Fsp3) is 0.280. The van der Waals surface area contributed by atoms with E-state index < -0.39 is 0 Å². The van der Waals surface area contributed by atoms with Crippen molar-refractivity contribution in [1.82, 2.24) is 0 Å². The highest BCUT2D eigenvalue weighted by atomic mass is 32.2. The molecule has 4 rings (SSSR count). The van der Waals surface area contributed by atoms with Crippen molar-refractivity contribution >= 4 is 22.5 Å². The third kappa shape index (κ3) is 4.97. The first-order chi connectivity index (χ1) is 13.9. The molecule has 0 saturated carbocycles. The van der Waals surface area contributed by atoms with Crippen LogP contribution < -0.4 is 0 Å². The van der Waals surface area contributed by atoms with Crippen LogP contribution in [0.25, 0.3) is 10.8 Å². The van der Waals surface area contributed by atoms with Gasteiger partial charge in [-0.2, -0.15) is 0 Å². The quantitative estimate of drug-likeness (QED) is 0.382. The molecule has 142 valence electrons. The summed E-state index contributed by atoms with van der Waals surface area (Å²) in [6, 6.07) is 25.1. The van der Waals surface area contributed by atoms with Crippen LogP contribution in [-0.4, -0.2) is 18.6 Å². The highest BCUT2D eigenvalue weighted by Crippen LogP contribution is 2.29. The number of thioether (sulfide) groups is 1. The van der Waals surface area contributed by atoms with E-state index in [0.717, 1.165) is 37.2 Å². The molecule has 1 fully saturated rings. The molecular formula is C25H24O2S. The zero-order valence-corrected chi connectivity index (χ0v) is 16.7. The average Bonchev–Trinajstić information content (AvgIpc) is 2.77. The second-order valence-electron chi connectivity index (χ2n) is 6.80. The predicted molar refractivity (Wildman–Crippen MR) is 116 cm³/mol. The maximum Gasteiger partial charge on any atom is 0.159 e. The van der Waals surface area contributed by atoms with Crippen LogP contribution in [0.1, 0.15) is 30.9 Å². The first-order valence-corrected chi connectivity index (χ1v) is 10.8. The second-order valence-corrected chi connectivity index (χ2v) is 7.85. The van der Waals surface area contributed by atoms with Gasteiger partial charge in [0.05, 0.1) is 5.75 Å². The SMILES string of the molecule is C(#CC(OC1CCCCO1)c1cccc2ccccc12)CSc1ccccc1. The Kier molecular flexibility index (Phi) is 6.68. The molecule has 0 N–H and O–H groups in total. The van der Waals surface area contributed by atoms with Gasteiger partial charge in [-0.25, -0.2) is 0 Å². The highest BCUT2D eigenvalue weighted by molar-refractivity contribution is 7.99. The maximum atomic E-state index is 6.33. The summed E-state index contributed by atoms with van der Waals surface area (Å²) in [6.07, 6.45) is 2.73. The molecule has 0 radical (unpaired) electrons. The van der Waals surface area contributed by atoms with E-state index in [4.69, 9.17) is 9.47 Å². The summed E-state index contributed by atoms with van der Waals surface area (Å²) in [4.78, 5) is 1.23. The van der Waals surface area contributed by atoms with Gasteiger partial charge in [0, 0.05) is 17.1 Å². The van der Waals surface area contributed by atoms with Crippen LogP contribution in [0.3, 0.4) is 0 Å². The largest absolute Gasteiger partial charge is 0.353 e. The Hall–Kier alpha value is -2.25. The Labute approximate surface area is 171 Å². The van der Waals surface area contributed by atoms with Gasteiger partial charge in [-0.1, -0.05) is 72.5 Å². The molecule has 1 heterocycles. The van der Waals surface area contributed by atoms with Crippen molar-refractivity contribution in [2.75, 3.05) is 12.4 Å². The van der Waals surface area contributed by atoms with Crippen molar-refractivity contribution < 1.29 is 9.47 Å². The molecule has 3 heteroatoms. The van der Waals surface area contributed by atoms with Gasteiger partial charge in [-0.3, -0.25) is 0 Å². The average molecular weight is 389 g/mol. The van der Waals surface area contributed by atoms with E-state index in [0.29, 0.717) is 0 Å². The Morgan fingerprint density at radius 3 is 2.64 bits per heavy atom. The van der Waals surface area contributed by atoms with Crippen LogP contribution in [0.2, 0.25) is 0 Å². The van der Waals surface area contributed by atoms with Crippen LogP contribution >= 0.6 is 11.8 Å². The Morgan fingerprint density at radius 2 is 1.79 bits per heavy atom. The van der Waals surface area contributed by atoms with E-state index in [9.17, 15) is 0 Å². The molecule has 3 aromatic rings. The number of rotatable bonds is 5. The zero-order chi connectivity index (χ0) is 19.0. The van der Waals surface area contributed by atoms with Gasteiger partial charge in [0.1, 0.15) is 6.10 Å². The van der Waals surface area contributed by atoms with E-state index in [2.05, 4.69) is 78.6 Å². The topological polar surface area (TPSA) is 18.5 Å². The highest BCUT2D eigenvalue weighted by Gasteiger charge is 2.21. The molecule has 0 spiro atoms. The first-order valence-electron chi connectivity index (χ1n) is 9.81. The number of hydrogen-bond acceptors (Lipinski definition) is 3. The molecule has 0 aliphatic carbocycles. The summed E-state index contributed by atoms with van der Waals surface area (Å²) in [5, 5.41) is 2.40. The van der Waals surface area contributed by atoms with Crippen molar-refractivity contribution in [2.24, 2.45) is 0 Å². The summed E-state index contributed by atoms with van der Waals surface area (Å²) in [5.74, 6) is 7.43. The second kappa shape index (κ2) is 9.80. The van der Waals surface area contributed by atoms with E-state index in [-0.39, 0.29) is 12.4 Å². The standard InChI is InChI=1S/C25H24O2S/c1-2-12-21(13-3-1)28-19-9-16-24(27-25-17-6-7-18-26-25)23-15-8-11-20-10-4-5-14-22(20)23/h1-5,8,10-15,24-25H,6-7,17-19H2. The lowest BCUT2D eigenvalue weighted by Crippen LogP contribution is -2.24. The van der Waals surface area contributed by atoms with Gasteiger partial charge in [-0.05, 0) is 42.2 Å². The molecule has 0 aromatic heterocycles. The van der Waals surface area contributed by atoms with Gasteiger partial charge in [0.25, 0.3) is 0 Å². The third-order valence-corrected chi connectivity index (χ3v) is 5.71. The Morgan fingerprint density at radius 1 is 0.964 bits per heavy atom. The molecule has 2 atom stereocenters. The zero-order valence-electron chi connectivity index (χ0n) is 15.8. The van der Waals surface area contributed by atoms with E-state index in [1.54, 1.807) is 11.8 Å². The molecular weight excluding hydrogens is 364 g/mol. The number of benzene rings is 3. The minimum Gasteiger partial charge on any atom is -0.353 e. The van der Waals surface area contributed by atoms with Crippen LogP contribution in [0.15, 0.2) is 77.7 Å². The molecule has 3 aromatic carbocycles. The van der Waals surface area contributed by atoms with Gasteiger partial charge < -0.3 is 9.47 Å². The monoisotopic (exact) mass is 388 g/mol. The molecule has 0 amide bonds. The Bertz CT molecular complexity index is 947. The predicted octanol–water partition coefficient (Wildman–Crippen LogP) is 6.22. The number of ether oxygens (including phenoxy) is 2. The van der Waals surface area contributed by atoms with Crippen LogP contribution in [0.4, 0.5) is 0 Å². The van der Waals surface area contributed by atoms with Crippen molar-refractivity contribution in [3.05, 3.63) is 78.4 Å². The summed E-state index contributed by atoms with van der Waals surface area (Å²) < 4.78 is 12.2. The molecule has 1 saturated heterocycles. The normalized spacial score (nSPS) is 17.6. The third-order valence-electron chi connectivity index (χ3n) is 4.82. The van der Waals surface area contributed by atoms with Gasteiger partial charge in [0.2, 0.25) is 0 Å². The van der Waals surface area contributed by atoms with Crippen LogP contribution in [-0.2, 0) is 9.47 Å².